The molecule has 1 aromatic heterocycles. The summed E-state index contributed by atoms with van der Waals surface area (Å²) >= 11 is 6.62. The van der Waals surface area contributed by atoms with Gasteiger partial charge in [-0.15, -0.1) is 0 Å². The number of nitriles is 1. The summed E-state index contributed by atoms with van der Waals surface area (Å²) in [5.41, 5.74) is 0.620. The second-order valence-electron chi connectivity index (χ2n) is 2.76. The first-order valence-electron chi connectivity index (χ1n) is 4.24. The Morgan fingerprint density at radius 1 is 1.60 bits per heavy atom. The zero-order valence-corrected chi connectivity index (χ0v) is 10.9. The largest absolute Gasteiger partial charge is 0.395 e. The van der Waals surface area contributed by atoms with E-state index in [1.807, 2.05) is 6.07 Å². The first-order chi connectivity index (χ1) is 7.19. The average Bonchev–Trinajstić information content (AvgIpc) is 2.21. The average molecular weight is 335 g/mol. The minimum atomic E-state index is -0.514. The topological polar surface area (TPSA) is 68.9 Å². The van der Waals surface area contributed by atoms with Crippen LogP contribution in [-0.2, 0) is 0 Å². The van der Waals surface area contributed by atoms with E-state index in [0.717, 1.165) is 8.95 Å². The van der Waals surface area contributed by atoms with Crippen LogP contribution in [0.2, 0.25) is 0 Å². The van der Waals surface area contributed by atoms with Crippen LogP contribution in [-0.4, -0.2) is 23.2 Å². The lowest BCUT2D eigenvalue weighted by molar-refractivity contribution is 0.289. The van der Waals surface area contributed by atoms with Crippen LogP contribution in [0.25, 0.3) is 0 Å². The molecule has 0 amide bonds. The van der Waals surface area contributed by atoms with Crippen molar-refractivity contribution in [2.75, 3.05) is 13.2 Å². The maximum Gasteiger partial charge on any atom is 0.139 e. The maximum absolute atomic E-state index is 8.93. The lowest BCUT2D eigenvalue weighted by Gasteiger charge is -2.11. The Morgan fingerprint density at radius 3 is 2.87 bits per heavy atom. The van der Waals surface area contributed by atoms with Gasteiger partial charge in [0.25, 0.3) is 0 Å². The zero-order valence-electron chi connectivity index (χ0n) is 7.74. The number of hydrogen-bond acceptors (Lipinski definition) is 4. The van der Waals surface area contributed by atoms with Crippen LogP contribution < -0.4 is 5.32 Å². The zero-order chi connectivity index (χ0) is 11.3. The predicted molar refractivity (Wildman–Crippen MR) is 63.1 cm³/mol. The summed E-state index contributed by atoms with van der Waals surface area (Å²) in [5.74, 6) is 0. The van der Waals surface area contributed by atoms with Crippen molar-refractivity contribution in [1.29, 1.82) is 5.26 Å². The van der Waals surface area contributed by atoms with Crippen LogP contribution in [0, 0.1) is 11.3 Å². The van der Waals surface area contributed by atoms with Gasteiger partial charge in [0.1, 0.15) is 6.04 Å². The fraction of sp³-hybridized carbons (Fsp3) is 0.333. The molecule has 1 atom stereocenters. The van der Waals surface area contributed by atoms with Crippen molar-refractivity contribution in [3.05, 3.63) is 26.9 Å². The molecule has 0 bridgehead atoms. The molecule has 0 aliphatic heterocycles. The number of aromatic nitrogens is 1. The molecule has 0 saturated carbocycles. The van der Waals surface area contributed by atoms with E-state index in [2.05, 4.69) is 48.2 Å². The summed E-state index contributed by atoms with van der Waals surface area (Å²) in [7, 11) is 0. The molecule has 0 aliphatic rings. The Kier molecular flexibility index (Phi) is 5.19. The summed E-state index contributed by atoms with van der Waals surface area (Å²) in [4.78, 5) is 4.14. The van der Waals surface area contributed by atoms with E-state index in [0.29, 0.717) is 12.2 Å². The molecule has 1 unspecified atom stereocenters. The molecule has 0 fully saturated rings. The fourth-order valence-corrected chi connectivity index (χ4v) is 2.27. The molecule has 0 aliphatic carbocycles. The minimum Gasteiger partial charge on any atom is -0.395 e. The molecule has 0 saturated heterocycles. The summed E-state index contributed by atoms with van der Waals surface area (Å²) in [5, 5.41) is 20.5. The third kappa shape index (κ3) is 3.54. The molecule has 0 aromatic carbocycles. The van der Waals surface area contributed by atoms with Crippen molar-refractivity contribution in [2.24, 2.45) is 0 Å². The van der Waals surface area contributed by atoms with Crippen molar-refractivity contribution in [3.63, 3.8) is 0 Å². The van der Waals surface area contributed by atoms with E-state index < -0.39 is 6.04 Å². The predicted octanol–water partition coefficient (Wildman–Crippen LogP) is 1.75. The molecule has 0 spiro atoms. The van der Waals surface area contributed by atoms with Gasteiger partial charge in [-0.2, -0.15) is 5.26 Å². The van der Waals surface area contributed by atoms with E-state index in [9.17, 15) is 0 Å². The Balaban J connectivity index is 2.88. The number of nitrogens with one attached hydrogen (secondary N) is 1. The first kappa shape index (κ1) is 12.6. The van der Waals surface area contributed by atoms with Crippen LogP contribution in [0.5, 0.6) is 0 Å². The molecule has 80 valence electrons. The van der Waals surface area contributed by atoms with Gasteiger partial charge in [0.15, 0.2) is 0 Å². The third-order valence-electron chi connectivity index (χ3n) is 1.70. The van der Waals surface area contributed by atoms with Crippen molar-refractivity contribution in [2.45, 2.75) is 6.04 Å². The third-order valence-corrected chi connectivity index (χ3v) is 2.77. The van der Waals surface area contributed by atoms with Crippen LogP contribution in [0.1, 0.15) is 11.7 Å². The van der Waals surface area contributed by atoms with Gasteiger partial charge in [0, 0.05) is 21.7 Å². The molecule has 1 rings (SSSR count). The van der Waals surface area contributed by atoms with Gasteiger partial charge in [-0.05, 0) is 37.9 Å². The molecular weight excluding hydrogens is 326 g/mol. The lowest BCUT2D eigenvalue weighted by atomic mass is 10.2. The number of nitrogens with zero attached hydrogens (tertiary/aromatic N) is 2. The van der Waals surface area contributed by atoms with Gasteiger partial charge in [-0.1, -0.05) is 0 Å². The summed E-state index contributed by atoms with van der Waals surface area (Å²) < 4.78 is 1.60. The number of aliphatic hydroxyl groups is 1. The molecule has 6 heteroatoms. The Hall–Kier alpha value is -0.480. The van der Waals surface area contributed by atoms with Gasteiger partial charge in [0.2, 0.25) is 0 Å². The Labute approximate surface area is 105 Å². The summed E-state index contributed by atoms with van der Waals surface area (Å²) in [6.45, 7) is 0.356. The van der Waals surface area contributed by atoms with Crippen molar-refractivity contribution in [3.8, 4) is 6.07 Å². The summed E-state index contributed by atoms with van der Waals surface area (Å²) in [6, 6.07) is 3.40. The molecule has 1 heterocycles. The highest BCUT2D eigenvalue weighted by molar-refractivity contribution is 9.11. The standard InChI is InChI=1S/C9H9Br2N3O/c10-6-3-7(11)9(14-5-6)8(4-12)13-1-2-15/h3,5,8,13,15H,1-2H2. The quantitative estimate of drug-likeness (QED) is 0.880. The maximum atomic E-state index is 8.93. The van der Waals surface area contributed by atoms with Crippen molar-refractivity contribution in [1.82, 2.24) is 10.3 Å². The number of halogens is 2. The van der Waals surface area contributed by atoms with Crippen LogP contribution in [0.3, 0.4) is 0 Å². The van der Waals surface area contributed by atoms with E-state index in [1.165, 1.54) is 0 Å². The Bertz CT molecular complexity index is 378. The lowest BCUT2D eigenvalue weighted by Crippen LogP contribution is -2.24. The summed E-state index contributed by atoms with van der Waals surface area (Å²) in [6.07, 6.45) is 1.63. The smallest absolute Gasteiger partial charge is 0.139 e. The molecular formula is C9H9Br2N3O. The first-order valence-corrected chi connectivity index (χ1v) is 5.82. The highest BCUT2D eigenvalue weighted by Gasteiger charge is 2.14. The van der Waals surface area contributed by atoms with E-state index in [-0.39, 0.29) is 6.61 Å². The van der Waals surface area contributed by atoms with Crippen molar-refractivity contribution < 1.29 is 5.11 Å². The second-order valence-corrected chi connectivity index (χ2v) is 4.53. The number of hydrogen-bond donors (Lipinski definition) is 2. The number of pyridine rings is 1. The molecule has 1 aromatic rings. The highest BCUT2D eigenvalue weighted by Crippen LogP contribution is 2.24. The van der Waals surface area contributed by atoms with E-state index in [4.69, 9.17) is 10.4 Å². The van der Waals surface area contributed by atoms with Crippen LogP contribution in [0.15, 0.2) is 21.2 Å². The molecule has 15 heavy (non-hydrogen) atoms. The molecule has 0 radical (unpaired) electrons. The van der Waals surface area contributed by atoms with Crippen molar-refractivity contribution >= 4 is 31.9 Å². The van der Waals surface area contributed by atoms with Gasteiger partial charge < -0.3 is 5.11 Å². The van der Waals surface area contributed by atoms with Gasteiger partial charge in [0.05, 0.1) is 18.4 Å². The monoisotopic (exact) mass is 333 g/mol. The second kappa shape index (κ2) is 6.18. The molecule has 4 nitrogen and oxygen atoms in total. The van der Waals surface area contributed by atoms with Crippen LogP contribution >= 0.6 is 31.9 Å². The fourth-order valence-electron chi connectivity index (χ4n) is 1.05. The molecule has 2 N–H and O–H groups in total. The Morgan fingerprint density at radius 2 is 2.33 bits per heavy atom. The normalized spacial score (nSPS) is 12.1. The SMILES string of the molecule is N#CC(NCCO)c1ncc(Br)cc1Br. The minimum absolute atomic E-state index is 0.00761. The van der Waals surface area contributed by atoms with Gasteiger partial charge in [-0.3, -0.25) is 10.3 Å². The van der Waals surface area contributed by atoms with Gasteiger partial charge >= 0.3 is 0 Å². The van der Waals surface area contributed by atoms with E-state index >= 15 is 0 Å². The number of aliphatic hydroxyl groups excluding tert-OH is 1. The van der Waals surface area contributed by atoms with Crippen LogP contribution in [0.4, 0.5) is 0 Å². The highest BCUT2D eigenvalue weighted by atomic mass is 79.9. The van der Waals surface area contributed by atoms with E-state index in [1.54, 1.807) is 6.20 Å². The number of rotatable bonds is 4. The van der Waals surface area contributed by atoms with Gasteiger partial charge in [-0.25, -0.2) is 0 Å².